The number of ether oxygens (including phenoxy) is 1. The highest BCUT2D eigenvalue weighted by atomic mass is 16.5. The number of anilines is 2. The van der Waals surface area contributed by atoms with Gasteiger partial charge in [0.25, 0.3) is 5.91 Å². The van der Waals surface area contributed by atoms with Gasteiger partial charge in [-0.25, -0.2) is 4.98 Å². The van der Waals surface area contributed by atoms with E-state index < -0.39 is 11.7 Å². The summed E-state index contributed by atoms with van der Waals surface area (Å²) in [7, 11) is 1.71. The maximum absolute atomic E-state index is 13.1. The Kier molecular flexibility index (Phi) is 7.05. The van der Waals surface area contributed by atoms with Gasteiger partial charge in [0.05, 0.1) is 25.6 Å². The number of aliphatic hydroxyl groups excluding tert-OH is 1. The molecule has 12 heteroatoms. The fourth-order valence-corrected chi connectivity index (χ4v) is 4.47. The van der Waals surface area contributed by atoms with Crippen LogP contribution in [0.25, 0.3) is 11.2 Å². The van der Waals surface area contributed by atoms with Crippen molar-refractivity contribution in [2.45, 2.75) is 50.0 Å². The number of nitrogen functional groups attached to an aromatic ring is 2. The summed E-state index contributed by atoms with van der Waals surface area (Å²) < 4.78 is 7.26. The molecule has 0 spiro atoms. The quantitative estimate of drug-likeness (QED) is 0.275. The van der Waals surface area contributed by atoms with Crippen LogP contribution in [0.4, 0.5) is 11.8 Å². The Morgan fingerprint density at radius 1 is 1.34 bits per heavy atom. The van der Waals surface area contributed by atoms with Crippen molar-refractivity contribution in [3.05, 3.63) is 36.2 Å². The van der Waals surface area contributed by atoms with E-state index >= 15 is 0 Å². The molecule has 4 rings (SSSR count). The SMILES string of the molecule is CN(C(=O)c1cccc(OCCCN)c1)[C@H]1CC[C@@](O)(Cn2cnc3c(N)nc(N)nc32)[C@H](O)C1. The van der Waals surface area contributed by atoms with Crippen LogP contribution >= 0.6 is 0 Å². The first-order valence-electron chi connectivity index (χ1n) is 11.6. The molecule has 188 valence electrons. The number of aliphatic hydroxyl groups is 2. The Balaban J connectivity index is 1.43. The van der Waals surface area contributed by atoms with Crippen molar-refractivity contribution in [2.24, 2.45) is 5.73 Å². The molecular formula is C23H32N8O4. The van der Waals surface area contributed by atoms with Gasteiger partial charge in [-0.15, -0.1) is 0 Å². The van der Waals surface area contributed by atoms with Gasteiger partial charge in [0, 0.05) is 18.7 Å². The highest BCUT2D eigenvalue weighted by Crippen LogP contribution is 2.34. The van der Waals surface area contributed by atoms with Crippen LogP contribution in [0, 0.1) is 0 Å². The zero-order valence-electron chi connectivity index (χ0n) is 19.7. The maximum Gasteiger partial charge on any atom is 0.253 e. The van der Waals surface area contributed by atoms with Crippen LogP contribution in [0.3, 0.4) is 0 Å². The van der Waals surface area contributed by atoms with Crippen LogP contribution in [0.15, 0.2) is 30.6 Å². The second-order valence-electron chi connectivity index (χ2n) is 8.99. The standard InChI is InChI=1S/C23H32N8O4/c1-30(21(33)14-4-2-5-16(10-14)35-9-3-8-24)15-6-7-23(34,17(32)11-15)12-31-13-27-18-19(25)28-22(26)29-20(18)31/h2,4-5,10,13,15,17,32,34H,3,6-9,11-12,24H2,1H3,(H4,25,26,28,29)/t15-,17+,23+/m0/s1. The number of carbonyl (C=O) groups is 1. The van der Waals surface area contributed by atoms with E-state index in [0.29, 0.717) is 42.0 Å². The molecule has 2 heterocycles. The third-order valence-corrected chi connectivity index (χ3v) is 6.54. The van der Waals surface area contributed by atoms with Crippen molar-refractivity contribution >= 4 is 28.8 Å². The lowest BCUT2D eigenvalue weighted by Gasteiger charge is -2.43. The third kappa shape index (κ3) is 5.14. The zero-order valence-corrected chi connectivity index (χ0v) is 19.7. The zero-order chi connectivity index (χ0) is 25.2. The molecular weight excluding hydrogens is 452 g/mol. The van der Waals surface area contributed by atoms with Crippen LogP contribution in [0.2, 0.25) is 0 Å². The second kappa shape index (κ2) is 10.0. The first kappa shape index (κ1) is 24.6. The van der Waals surface area contributed by atoms with Crippen LogP contribution < -0.4 is 21.9 Å². The summed E-state index contributed by atoms with van der Waals surface area (Å²) in [6.45, 7) is 1.06. The Morgan fingerprint density at radius 2 is 2.14 bits per heavy atom. The van der Waals surface area contributed by atoms with Gasteiger partial charge in [-0.05, 0) is 50.4 Å². The number of carbonyl (C=O) groups excluding carboxylic acids is 1. The van der Waals surface area contributed by atoms with Gasteiger partial charge in [0.2, 0.25) is 5.95 Å². The number of hydrogen-bond acceptors (Lipinski definition) is 10. The van der Waals surface area contributed by atoms with E-state index in [1.807, 2.05) is 0 Å². The molecule has 0 unspecified atom stereocenters. The van der Waals surface area contributed by atoms with E-state index in [9.17, 15) is 15.0 Å². The number of imidazole rings is 1. The Labute approximate surface area is 202 Å². The van der Waals surface area contributed by atoms with E-state index in [1.165, 1.54) is 6.33 Å². The number of hydrogen-bond donors (Lipinski definition) is 5. The lowest BCUT2D eigenvalue weighted by atomic mass is 9.79. The van der Waals surface area contributed by atoms with Crippen LogP contribution in [0.1, 0.15) is 36.0 Å². The molecule has 0 saturated heterocycles. The molecule has 1 aliphatic rings. The average Bonchev–Trinajstić information content (AvgIpc) is 3.23. The molecule has 3 atom stereocenters. The van der Waals surface area contributed by atoms with Gasteiger partial charge >= 0.3 is 0 Å². The van der Waals surface area contributed by atoms with Crippen LogP contribution in [-0.2, 0) is 6.54 Å². The number of nitrogens with zero attached hydrogens (tertiary/aromatic N) is 5. The monoisotopic (exact) mass is 484 g/mol. The summed E-state index contributed by atoms with van der Waals surface area (Å²) >= 11 is 0. The number of aromatic nitrogens is 4. The molecule has 1 aliphatic carbocycles. The lowest BCUT2D eigenvalue weighted by Crippen LogP contribution is -2.54. The molecule has 8 N–H and O–H groups in total. The molecule has 3 aromatic rings. The normalized spacial score (nSPS) is 22.3. The van der Waals surface area contributed by atoms with Gasteiger partial charge in [0.1, 0.15) is 16.9 Å². The second-order valence-corrected chi connectivity index (χ2v) is 8.99. The topological polar surface area (TPSA) is 192 Å². The molecule has 1 aromatic carbocycles. The molecule has 2 aromatic heterocycles. The molecule has 0 bridgehead atoms. The number of benzene rings is 1. The van der Waals surface area contributed by atoms with Crippen molar-refractivity contribution in [3.8, 4) is 5.75 Å². The summed E-state index contributed by atoms with van der Waals surface area (Å²) in [6, 6.07) is 6.75. The Bertz CT molecular complexity index is 1200. The van der Waals surface area contributed by atoms with Gasteiger partial charge in [0.15, 0.2) is 11.5 Å². The Morgan fingerprint density at radius 3 is 2.89 bits per heavy atom. The number of amides is 1. The summed E-state index contributed by atoms with van der Waals surface area (Å²) in [4.78, 5) is 27.0. The van der Waals surface area contributed by atoms with Crippen LogP contribution in [0.5, 0.6) is 5.75 Å². The molecule has 1 saturated carbocycles. The van der Waals surface area contributed by atoms with Gasteiger partial charge in [-0.3, -0.25) is 4.79 Å². The molecule has 0 radical (unpaired) electrons. The fraction of sp³-hybridized carbons (Fsp3) is 0.478. The van der Waals surface area contributed by atoms with Crippen molar-refractivity contribution in [1.29, 1.82) is 0 Å². The van der Waals surface area contributed by atoms with Crippen molar-refractivity contribution in [1.82, 2.24) is 24.4 Å². The maximum atomic E-state index is 13.1. The summed E-state index contributed by atoms with van der Waals surface area (Å²) in [5.41, 5.74) is 16.9. The van der Waals surface area contributed by atoms with Crippen LogP contribution in [-0.4, -0.2) is 78.5 Å². The largest absolute Gasteiger partial charge is 0.494 e. The van der Waals surface area contributed by atoms with E-state index in [0.717, 1.165) is 6.42 Å². The molecule has 0 aliphatic heterocycles. The lowest BCUT2D eigenvalue weighted by molar-refractivity contribution is -0.121. The highest BCUT2D eigenvalue weighted by Gasteiger charge is 2.43. The number of rotatable bonds is 8. The fourth-order valence-electron chi connectivity index (χ4n) is 4.47. The smallest absolute Gasteiger partial charge is 0.253 e. The molecule has 35 heavy (non-hydrogen) atoms. The average molecular weight is 485 g/mol. The molecule has 1 amide bonds. The van der Waals surface area contributed by atoms with Gasteiger partial charge < -0.3 is 41.6 Å². The van der Waals surface area contributed by atoms with Gasteiger partial charge in [-0.1, -0.05) is 6.07 Å². The van der Waals surface area contributed by atoms with E-state index in [4.69, 9.17) is 21.9 Å². The number of fused-ring (bicyclic) bond motifs is 1. The molecule has 12 nitrogen and oxygen atoms in total. The summed E-state index contributed by atoms with van der Waals surface area (Å²) in [6.07, 6.45) is 2.14. The predicted octanol–water partition coefficient (Wildman–Crippen LogP) is 0.135. The van der Waals surface area contributed by atoms with Crippen molar-refractivity contribution < 1.29 is 19.7 Å². The van der Waals surface area contributed by atoms with Crippen molar-refractivity contribution in [3.63, 3.8) is 0 Å². The Hall–Kier alpha value is -3.48. The minimum absolute atomic E-state index is 0.00184. The predicted molar refractivity (Wildman–Crippen MR) is 130 cm³/mol. The first-order valence-corrected chi connectivity index (χ1v) is 11.6. The van der Waals surface area contributed by atoms with Crippen molar-refractivity contribution in [2.75, 3.05) is 31.7 Å². The highest BCUT2D eigenvalue weighted by molar-refractivity contribution is 5.94. The summed E-state index contributed by atoms with van der Waals surface area (Å²) in [5.74, 6) is 0.576. The first-order chi connectivity index (χ1) is 16.7. The van der Waals surface area contributed by atoms with E-state index in [2.05, 4.69) is 15.0 Å². The van der Waals surface area contributed by atoms with E-state index in [-0.39, 0.29) is 43.1 Å². The minimum atomic E-state index is -1.43. The summed E-state index contributed by atoms with van der Waals surface area (Å²) in [5, 5.41) is 22.2. The molecule has 1 fully saturated rings. The van der Waals surface area contributed by atoms with E-state index in [1.54, 1.807) is 40.8 Å². The third-order valence-electron chi connectivity index (χ3n) is 6.54. The van der Waals surface area contributed by atoms with Gasteiger partial charge in [-0.2, -0.15) is 9.97 Å². The minimum Gasteiger partial charge on any atom is -0.494 e. The number of nitrogens with two attached hydrogens (primary N) is 3.